The van der Waals surface area contributed by atoms with Crippen molar-refractivity contribution in [2.75, 3.05) is 20.3 Å². The molecule has 1 unspecified atom stereocenters. The quantitative estimate of drug-likeness (QED) is 0.699. The van der Waals surface area contributed by atoms with Crippen LogP contribution in [-0.2, 0) is 4.74 Å². The number of rotatable bonds is 7. The summed E-state index contributed by atoms with van der Waals surface area (Å²) in [5, 5.41) is 3.70. The molecule has 2 nitrogen and oxygen atoms in total. The fourth-order valence-corrected chi connectivity index (χ4v) is 2.83. The van der Waals surface area contributed by atoms with Crippen molar-refractivity contribution in [1.29, 1.82) is 0 Å². The second kappa shape index (κ2) is 4.84. The first-order valence-electron chi connectivity index (χ1n) is 6.49. The van der Waals surface area contributed by atoms with E-state index in [4.69, 9.17) is 4.74 Å². The van der Waals surface area contributed by atoms with Gasteiger partial charge in [-0.2, -0.15) is 0 Å². The van der Waals surface area contributed by atoms with E-state index in [9.17, 15) is 0 Å². The minimum Gasteiger partial charge on any atom is -0.385 e. The van der Waals surface area contributed by atoms with Crippen LogP contribution in [0.25, 0.3) is 0 Å². The molecule has 0 saturated heterocycles. The van der Waals surface area contributed by atoms with Gasteiger partial charge in [-0.25, -0.2) is 0 Å². The molecule has 0 aromatic heterocycles. The summed E-state index contributed by atoms with van der Waals surface area (Å²) in [4.78, 5) is 0. The second-order valence-corrected chi connectivity index (χ2v) is 5.55. The number of methoxy groups -OCH3 is 1. The van der Waals surface area contributed by atoms with Crippen molar-refractivity contribution in [2.45, 2.75) is 51.5 Å². The molecular formula is C13H25NO. The Bertz CT molecular complexity index is 197. The van der Waals surface area contributed by atoms with Gasteiger partial charge in [0.05, 0.1) is 0 Å². The van der Waals surface area contributed by atoms with Crippen LogP contribution in [0.5, 0.6) is 0 Å². The summed E-state index contributed by atoms with van der Waals surface area (Å²) in [5.41, 5.74) is 0.710. The van der Waals surface area contributed by atoms with Crippen molar-refractivity contribution in [3.8, 4) is 0 Å². The van der Waals surface area contributed by atoms with Crippen molar-refractivity contribution < 1.29 is 4.74 Å². The largest absolute Gasteiger partial charge is 0.385 e. The third kappa shape index (κ3) is 2.73. The average Bonchev–Trinajstić information content (AvgIpc) is 2.97. The molecule has 0 spiro atoms. The van der Waals surface area contributed by atoms with Gasteiger partial charge in [-0.15, -0.1) is 0 Å². The summed E-state index contributed by atoms with van der Waals surface area (Å²) in [7, 11) is 1.78. The molecule has 0 heterocycles. The standard InChI is InChI=1S/C13H25NO/c1-11(6-9-15-2)14-10-13(7-3-8-13)12-4-5-12/h11-12,14H,3-10H2,1-2H3. The summed E-state index contributed by atoms with van der Waals surface area (Å²) in [6.45, 7) is 4.41. The van der Waals surface area contributed by atoms with Crippen LogP contribution in [0.1, 0.15) is 45.4 Å². The van der Waals surface area contributed by atoms with E-state index in [0.29, 0.717) is 11.5 Å². The summed E-state index contributed by atoms with van der Waals surface area (Å²) < 4.78 is 5.10. The monoisotopic (exact) mass is 211 g/mol. The van der Waals surface area contributed by atoms with Gasteiger partial charge in [-0.3, -0.25) is 0 Å². The molecule has 1 N–H and O–H groups in total. The van der Waals surface area contributed by atoms with Gasteiger partial charge in [-0.1, -0.05) is 6.42 Å². The van der Waals surface area contributed by atoms with Gasteiger partial charge in [0, 0.05) is 26.3 Å². The normalized spacial score (nSPS) is 26.0. The SMILES string of the molecule is COCCC(C)NCC1(C2CC2)CCC1. The van der Waals surface area contributed by atoms with Gasteiger partial charge in [0.1, 0.15) is 0 Å². The molecule has 0 radical (unpaired) electrons. The fourth-order valence-electron chi connectivity index (χ4n) is 2.83. The minimum atomic E-state index is 0.612. The Morgan fingerprint density at radius 3 is 2.60 bits per heavy atom. The van der Waals surface area contributed by atoms with E-state index in [-0.39, 0.29) is 0 Å². The van der Waals surface area contributed by atoms with Crippen molar-refractivity contribution in [3.05, 3.63) is 0 Å². The third-order valence-corrected chi connectivity index (χ3v) is 4.35. The van der Waals surface area contributed by atoms with Gasteiger partial charge < -0.3 is 10.1 Å². The maximum Gasteiger partial charge on any atom is 0.0476 e. The van der Waals surface area contributed by atoms with Gasteiger partial charge in [0.25, 0.3) is 0 Å². The van der Waals surface area contributed by atoms with Crippen LogP contribution in [0.15, 0.2) is 0 Å². The highest BCUT2D eigenvalue weighted by Crippen LogP contribution is 2.56. The lowest BCUT2D eigenvalue weighted by Crippen LogP contribution is -2.44. The zero-order valence-corrected chi connectivity index (χ0v) is 10.2. The van der Waals surface area contributed by atoms with Crippen molar-refractivity contribution in [3.63, 3.8) is 0 Å². The molecule has 2 rings (SSSR count). The Balaban J connectivity index is 1.67. The predicted molar refractivity (Wildman–Crippen MR) is 63.0 cm³/mol. The van der Waals surface area contributed by atoms with Gasteiger partial charge in [0.2, 0.25) is 0 Å². The van der Waals surface area contributed by atoms with Crippen LogP contribution >= 0.6 is 0 Å². The topological polar surface area (TPSA) is 21.3 Å². The van der Waals surface area contributed by atoms with Gasteiger partial charge in [0.15, 0.2) is 0 Å². The van der Waals surface area contributed by atoms with Crippen LogP contribution in [0, 0.1) is 11.3 Å². The summed E-state index contributed by atoms with van der Waals surface area (Å²) in [6.07, 6.45) is 8.54. The summed E-state index contributed by atoms with van der Waals surface area (Å²) in [6, 6.07) is 0.612. The highest BCUT2D eigenvalue weighted by atomic mass is 16.5. The van der Waals surface area contributed by atoms with Gasteiger partial charge in [-0.05, 0) is 50.4 Å². The van der Waals surface area contributed by atoms with E-state index in [2.05, 4.69) is 12.2 Å². The average molecular weight is 211 g/mol. The first-order valence-corrected chi connectivity index (χ1v) is 6.49. The van der Waals surface area contributed by atoms with Gasteiger partial charge >= 0.3 is 0 Å². The zero-order valence-electron chi connectivity index (χ0n) is 10.2. The van der Waals surface area contributed by atoms with E-state index < -0.39 is 0 Å². The highest BCUT2D eigenvalue weighted by molar-refractivity contribution is 5.00. The molecule has 1 atom stereocenters. The molecule has 0 aromatic carbocycles. The first kappa shape index (κ1) is 11.4. The Morgan fingerprint density at radius 2 is 2.13 bits per heavy atom. The lowest BCUT2D eigenvalue weighted by atomic mass is 9.65. The van der Waals surface area contributed by atoms with E-state index in [1.54, 1.807) is 7.11 Å². The molecular weight excluding hydrogens is 186 g/mol. The van der Waals surface area contributed by atoms with Crippen LogP contribution in [0.4, 0.5) is 0 Å². The van der Waals surface area contributed by atoms with E-state index in [1.165, 1.54) is 38.6 Å². The van der Waals surface area contributed by atoms with E-state index >= 15 is 0 Å². The molecule has 0 bridgehead atoms. The van der Waals surface area contributed by atoms with E-state index in [1.807, 2.05) is 0 Å². The van der Waals surface area contributed by atoms with E-state index in [0.717, 1.165) is 18.9 Å². The highest BCUT2D eigenvalue weighted by Gasteiger charge is 2.48. The van der Waals surface area contributed by atoms with Crippen LogP contribution in [0.3, 0.4) is 0 Å². The lowest BCUT2D eigenvalue weighted by molar-refractivity contribution is 0.0922. The maximum absolute atomic E-state index is 5.10. The molecule has 0 aromatic rings. The van der Waals surface area contributed by atoms with Crippen molar-refractivity contribution in [1.82, 2.24) is 5.32 Å². The Kier molecular flexibility index (Phi) is 3.68. The smallest absolute Gasteiger partial charge is 0.0476 e. The zero-order chi connectivity index (χ0) is 10.7. The number of nitrogens with one attached hydrogen (secondary N) is 1. The fraction of sp³-hybridized carbons (Fsp3) is 1.00. The van der Waals surface area contributed by atoms with Crippen LogP contribution in [-0.4, -0.2) is 26.3 Å². The molecule has 2 saturated carbocycles. The number of ether oxygens (including phenoxy) is 1. The molecule has 2 fully saturated rings. The number of hydrogen-bond donors (Lipinski definition) is 1. The third-order valence-electron chi connectivity index (χ3n) is 4.35. The maximum atomic E-state index is 5.10. The Labute approximate surface area is 93.8 Å². The molecule has 2 heteroatoms. The Morgan fingerprint density at radius 1 is 1.40 bits per heavy atom. The van der Waals surface area contributed by atoms with Crippen LogP contribution < -0.4 is 5.32 Å². The van der Waals surface area contributed by atoms with Crippen molar-refractivity contribution >= 4 is 0 Å². The number of hydrogen-bond acceptors (Lipinski definition) is 2. The van der Waals surface area contributed by atoms with Crippen LogP contribution in [0.2, 0.25) is 0 Å². The molecule has 0 amide bonds. The lowest BCUT2D eigenvalue weighted by Gasteiger charge is -2.43. The minimum absolute atomic E-state index is 0.612. The molecule has 2 aliphatic carbocycles. The summed E-state index contributed by atoms with van der Waals surface area (Å²) in [5.74, 6) is 1.06. The van der Waals surface area contributed by atoms with Crippen molar-refractivity contribution in [2.24, 2.45) is 11.3 Å². The molecule has 88 valence electrons. The first-order chi connectivity index (χ1) is 7.27. The second-order valence-electron chi connectivity index (χ2n) is 5.55. The Hall–Kier alpha value is -0.0800. The molecule has 0 aliphatic heterocycles. The molecule has 15 heavy (non-hydrogen) atoms. The summed E-state index contributed by atoms with van der Waals surface area (Å²) >= 11 is 0. The molecule has 2 aliphatic rings. The predicted octanol–water partition coefficient (Wildman–Crippen LogP) is 2.58.